The maximum atomic E-state index is 13.5. The van der Waals surface area contributed by atoms with E-state index in [1.807, 2.05) is 13.8 Å². The lowest BCUT2D eigenvalue weighted by Crippen LogP contribution is -2.51. The first-order valence-corrected chi connectivity index (χ1v) is 12.6. The van der Waals surface area contributed by atoms with Crippen LogP contribution in [0.4, 0.5) is 24.7 Å². The molecule has 0 aliphatic carbocycles. The van der Waals surface area contributed by atoms with Gasteiger partial charge >= 0.3 is 6.18 Å². The van der Waals surface area contributed by atoms with Crippen LogP contribution in [0.15, 0.2) is 58.1 Å². The summed E-state index contributed by atoms with van der Waals surface area (Å²) in [5.41, 5.74) is 0.369. The zero-order chi connectivity index (χ0) is 30.4. The summed E-state index contributed by atoms with van der Waals surface area (Å²) < 4.78 is 46.1. The summed E-state index contributed by atoms with van der Waals surface area (Å²) in [4.78, 5) is 14.7. The molecule has 0 radical (unpaired) electrons. The van der Waals surface area contributed by atoms with Gasteiger partial charge in [0.2, 0.25) is 5.90 Å². The van der Waals surface area contributed by atoms with E-state index in [1.165, 1.54) is 36.0 Å². The number of aliphatic imine (C=N–C) groups is 1. The third-order valence-corrected chi connectivity index (χ3v) is 6.34. The fourth-order valence-electron chi connectivity index (χ4n) is 3.85. The molecule has 11 nitrogen and oxygen atoms in total. The number of hydrogen-bond acceptors (Lipinski definition) is 10. The molecule has 1 aromatic heterocycles. The molecule has 15 heteroatoms. The maximum absolute atomic E-state index is 13.5. The summed E-state index contributed by atoms with van der Waals surface area (Å²) in [7, 11) is 0. The SMILES string of the molecule is C=C(Cl)/C(=N\C=C(/C)Nc1ncnc2c1CCN(c1ccc(C#N)c(C(F)(F)F)c1)C2)OCC(C)(C)N(N)/C=N\N. The molecule has 0 fully saturated rings. The minimum atomic E-state index is -4.64. The van der Waals surface area contributed by atoms with Gasteiger partial charge in [0.25, 0.3) is 0 Å². The van der Waals surface area contributed by atoms with E-state index in [-0.39, 0.29) is 24.1 Å². The highest BCUT2D eigenvalue weighted by Crippen LogP contribution is 2.36. The van der Waals surface area contributed by atoms with Gasteiger partial charge < -0.3 is 20.8 Å². The first-order chi connectivity index (χ1) is 19.3. The van der Waals surface area contributed by atoms with E-state index in [1.54, 1.807) is 17.9 Å². The number of alkyl halides is 3. The highest BCUT2D eigenvalue weighted by molar-refractivity contribution is 6.41. The van der Waals surface area contributed by atoms with Crippen molar-refractivity contribution in [3.8, 4) is 6.07 Å². The molecular formula is C26H30ClF3N10O. The summed E-state index contributed by atoms with van der Waals surface area (Å²) in [5, 5.41) is 17.0. The molecule has 0 amide bonds. The molecule has 1 aromatic carbocycles. The van der Waals surface area contributed by atoms with Crippen LogP contribution in [0, 0.1) is 11.3 Å². The number of nitrogens with one attached hydrogen (secondary N) is 1. The van der Waals surface area contributed by atoms with Gasteiger partial charge in [0, 0.05) is 29.7 Å². The minimum Gasteiger partial charge on any atom is -0.474 e. The number of rotatable bonds is 9. The molecular weight excluding hydrogens is 561 g/mol. The Morgan fingerprint density at radius 1 is 1.37 bits per heavy atom. The number of ether oxygens (including phenoxy) is 1. The lowest BCUT2D eigenvalue weighted by Gasteiger charge is -2.32. The number of allylic oxidation sites excluding steroid dienone is 1. The Balaban J connectivity index is 1.76. The number of benzene rings is 1. The number of hydrazine groups is 1. The normalized spacial score (nSPS) is 14.5. The van der Waals surface area contributed by atoms with Crippen molar-refractivity contribution in [2.45, 2.75) is 45.5 Å². The van der Waals surface area contributed by atoms with Crippen molar-refractivity contribution < 1.29 is 17.9 Å². The van der Waals surface area contributed by atoms with Crippen LogP contribution < -0.4 is 21.9 Å². The molecule has 0 spiro atoms. The van der Waals surface area contributed by atoms with E-state index in [9.17, 15) is 13.2 Å². The molecule has 5 N–H and O–H groups in total. The first kappa shape index (κ1) is 31.2. The summed E-state index contributed by atoms with van der Waals surface area (Å²) in [6.07, 6.45) is -0.0328. The van der Waals surface area contributed by atoms with Gasteiger partial charge in [-0.3, -0.25) is 5.01 Å². The molecule has 0 bridgehead atoms. The van der Waals surface area contributed by atoms with Crippen LogP contribution in [-0.4, -0.2) is 45.9 Å². The van der Waals surface area contributed by atoms with E-state index in [0.717, 1.165) is 11.6 Å². The average molecular weight is 591 g/mol. The van der Waals surface area contributed by atoms with Gasteiger partial charge in [0.05, 0.1) is 40.0 Å². The molecule has 2 heterocycles. The van der Waals surface area contributed by atoms with Crippen molar-refractivity contribution in [3.63, 3.8) is 0 Å². The zero-order valence-corrected chi connectivity index (χ0v) is 23.5. The van der Waals surface area contributed by atoms with E-state index in [2.05, 4.69) is 32.0 Å². The fourth-order valence-corrected chi connectivity index (χ4v) is 3.95. The Morgan fingerprint density at radius 3 is 2.73 bits per heavy atom. The van der Waals surface area contributed by atoms with Crippen LogP contribution >= 0.6 is 11.6 Å². The Bertz CT molecular complexity index is 1420. The van der Waals surface area contributed by atoms with E-state index >= 15 is 0 Å². The van der Waals surface area contributed by atoms with E-state index in [4.69, 9.17) is 33.3 Å². The van der Waals surface area contributed by atoms with Gasteiger partial charge in [-0.2, -0.15) is 23.5 Å². The predicted molar refractivity (Wildman–Crippen MR) is 151 cm³/mol. The molecule has 0 atom stereocenters. The smallest absolute Gasteiger partial charge is 0.417 e. The quantitative estimate of drug-likeness (QED) is 0.168. The van der Waals surface area contributed by atoms with Crippen molar-refractivity contribution in [1.29, 1.82) is 5.26 Å². The number of hydrogen-bond donors (Lipinski definition) is 3. The number of fused-ring (bicyclic) bond motifs is 1. The van der Waals surface area contributed by atoms with Crippen LogP contribution in [-0.2, 0) is 23.9 Å². The third kappa shape index (κ3) is 7.86. The highest BCUT2D eigenvalue weighted by Gasteiger charge is 2.34. The van der Waals surface area contributed by atoms with Crippen molar-refractivity contribution in [2.24, 2.45) is 21.8 Å². The van der Waals surface area contributed by atoms with Crippen LogP contribution in [0.25, 0.3) is 0 Å². The second-order valence-corrected chi connectivity index (χ2v) is 10.2. The molecule has 0 saturated heterocycles. The van der Waals surface area contributed by atoms with E-state index in [0.29, 0.717) is 35.9 Å². The second-order valence-electron chi connectivity index (χ2n) is 9.71. The second kappa shape index (κ2) is 12.9. The zero-order valence-electron chi connectivity index (χ0n) is 22.7. The maximum Gasteiger partial charge on any atom is 0.417 e. The number of aromatic nitrogens is 2. The van der Waals surface area contributed by atoms with Crippen LogP contribution in [0.5, 0.6) is 0 Å². The number of nitrogens with zero attached hydrogens (tertiary/aromatic N) is 7. The van der Waals surface area contributed by atoms with E-state index < -0.39 is 22.8 Å². The number of anilines is 2. The Kier molecular flexibility index (Phi) is 9.79. The van der Waals surface area contributed by atoms with Crippen LogP contribution in [0.2, 0.25) is 0 Å². The molecule has 3 rings (SSSR count). The van der Waals surface area contributed by atoms with Gasteiger partial charge in [0.1, 0.15) is 25.1 Å². The topological polar surface area (TPSA) is 154 Å². The molecule has 0 unspecified atom stereocenters. The predicted octanol–water partition coefficient (Wildman–Crippen LogP) is 4.23. The molecule has 2 aromatic rings. The van der Waals surface area contributed by atoms with Crippen molar-refractivity contribution in [2.75, 3.05) is 23.4 Å². The molecule has 1 aliphatic heterocycles. The summed E-state index contributed by atoms with van der Waals surface area (Å²) >= 11 is 6.07. The Labute approximate surface area is 240 Å². The van der Waals surface area contributed by atoms with Gasteiger partial charge in [-0.1, -0.05) is 18.2 Å². The van der Waals surface area contributed by atoms with Gasteiger partial charge in [0.15, 0.2) is 0 Å². The number of halogens is 4. The van der Waals surface area contributed by atoms with Gasteiger partial charge in [-0.15, -0.1) is 0 Å². The number of hydrazone groups is 1. The van der Waals surface area contributed by atoms with Gasteiger partial charge in [-0.05, 0) is 45.4 Å². The number of nitriles is 1. The lowest BCUT2D eigenvalue weighted by atomic mass is 10.0. The Hall–Kier alpha value is -4.35. The Morgan fingerprint density at radius 2 is 2.10 bits per heavy atom. The third-order valence-electron chi connectivity index (χ3n) is 6.18. The monoisotopic (exact) mass is 590 g/mol. The van der Waals surface area contributed by atoms with Crippen LogP contribution in [0.3, 0.4) is 0 Å². The minimum absolute atomic E-state index is 0.0805. The van der Waals surface area contributed by atoms with Crippen LogP contribution in [0.1, 0.15) is 43.2 Å². The fraction of sp³-hybridized carbons (Fsp3) is 0.346. The average Bonchev–Trinajstić information content (AvgIpc) is 2.92. The van der Waals surface area contributed by atoms with Gasteiger partial charge in [-0.25, -0.2) is 20.8 Å². The molecule has 0 saturated carbocycles. The molecule has 218 valence electrons. The summed E-state index contributed by atoms with van der Waals surface area (Å²) in [6, 6.07) is 5.29. The lowest BCUT2D eigenvalue weighted by molar-refractivity contribution is -0.137. The van der Waals surface area contributed by atoms with Crippen molar-refractivity contribution in [3.05, 3.63) is 70.4 Å². The number of nitrogens with two attached hydrogens (primary N) is 2. The largest absolute Gasteiger partial charge is 0.474 e. The summed E-state index contributed by atoms with van der Waals surface area (Å²) in [5.74, 6) is 11.7. The summed E-state index contributed by atoms with van der Waals surface area (Å²) in [6.45, 7) is 9.85. The standard InChI is InChI=1S/C26H30ClF3N10O/c1-16(11-34-24(17(2)27)41-13-25(3,4)40(33)15-37-32)38-23-20-7-8-39(12-22(20)35-14-36-23)19-6-5-18(10-31)21(9-19)26(28,29)30/h5-6,9,11,14-15H,2,7-8,12-13,32-33H2,1,3-4H3,(H,35,36,38)/b16-11+,34-24+,37-15-. The molecule has 41 heavy (non-hydrogen) atoms. The molecule has 1 aliphatic rings. The van der Waals surface area contributed by atoms with Crippen molar-refractivity contribution in [1.82, 2.24) is 15.0 Å². The van der Waals surface area contributed by atoms with Crippen molar-refractivity contribution >= 4 is 35.3 Å². The highest BCUT2D eigenvalue weighted by atomic mass is 35.5. The first-order valence-electron chi connectivity index (χ1n) is 12.2.